The summed E-state index contributed by atoms with van der Waals surface area (Å²) in [6, 6.07) is 0. The summed E-state index contributed by atoms with van der Waals surface area (Å²) < 4.78 is 0. The largest absolute Gasteiger partial charge is 1.00 e. The monoisotopic (exact) mass is 160 g/mol. The Kier molecular flexibility index (Phi) is 17.0. The van der Waals surface area contributed by atoms with Crippen LogP contribution in [0.2, 0.25) is 0 Å². The summed E-state index contributed by atoms with van der Waals surface area (Å²) in [5.41, 5.74) is 0. The molecule has 2 N–H and O–H groups in total. The molecule has 0 unspecified atom stereocenters. The summed E-state index contributed by atoms with van der Waals surface area (Å²) in [6.45, 7) is 0. The van der Waals surface area contributed by atoms with E-state index in [1.54, 1.807) is 0 Å². The summed E-state index contributed by atoms with van der Waals surface area (Å²) in [6.07, 6.45) is -0.245. The van der Waals surface area contributed by atoms with Gasteiger partial charge in [0.05, 0.1) is 0 Å². The molecule has 0 amide bonds. The fourth-order valence-electron chi connectivity index (χ4n) is 0.227. The van der Waals surface area contributed by atoms with Gasteiger partial charge in [0.1, 0.15) is 0 Å². The van der Waals surface area contributed by atoms with E-state index in [1.807, 2.05) is 0 Å². The van der Waals surface area contributed by atoms with Crippen molar-refractivity contribution >= 4 is 11.8 Å². The molecule has 0 aromatic heterocycles. The van der Waals surface area contributed by atoms with Crippen LogP contribution in [0, 0.1) is 10.8 Å². The van der Waals surface area contributed by atoms with Crippen LogP contribution in [-0.4, -0.2) is 11.8 Å². The standard InChI is InChI=1S/C4H8N2O2.2Na/c5-3(7)1-2-4(6)8;;/h1-2H2,(H2,5,7)(H2,6,8);;/q;2*+1/p-2. The fraction of sp³-hybridized carbons (Fsp3) is 0.500. The quantitative estimate of drug-likeness (QED) is 0.244. The van der Waals surface area contributed by atoms with Crippen LogP contribution in [0.15, 0.2) is 0 Å². The summed E-state index contributed by atoms with van der Waals surface area (Å²) in [4.78, 5) is 0. The first kappa shape index (κ1) is 17.1. The molecule has 0 radical (unpaired) electrons. The molecule has 46 valence electrons. The minimum atomic E-state index is -0.786. The van der Waals surface area contributed by atoms with Gasteiger partial charge in [-0.3, -0.25) is 0 Å². The van der Waals surface area contributed by atoms with Crippen molar-refractivity contribution in [1.29, 1.82) is 10.8 Å². The molecule has 0 atom stereocenters. The van der Waals surface area contributed by atoms with E-state index in [1.165, 1.54) is 0 Å². The number of nitrogens with one attached hydrogen (secondary N) is 2. The minimum Gasteiger partial charge on any atom is -0.862 e. The molecule has 4 nitrogen and oxygen atoms in total. The third-order valence-electron chi connectivity index (χ3n) is 0.579. The predicted octanol–water partition coefficient (Wildman–Crippen LogP) is -7.55. The van der Waals surface area contributed by atoms with Crippen molar-refractivity contribution in [2.24, 2.45) is 0 Å². The molecule has 0 aliphatic heterocycles. The first-order chi connectivity index (χ1) is 3.63. The second-order valence-electron chi connectivity index (χ2n) is 1.35. The Hall–Kier alpha value is 0.940. The smallest absolute Gasteiger partial charge is 0.862 e. The third-order valence-corrected chi connectivity index (χ3v) is 0.579. The van der Waals surface area contributed by atoms with Gasteiger partial charge in [0.25, 0.3) is 0 Å². The molecule has 0 aliphatic carbocycles. The third kappa shape index (κ3) is 16.0. The van der Waals surface area contributed by atoms with E-state index in [0.717, 1.165) is 0 Å². The number of hydrogen-bond acceptors (Lipinski definition) is 4. The molecule has 0 aliphatic rings. The zero-order valence-corrected chi connectivity index (χ0v) is 10.2. The Morgan fingerprint density at radius 2 is 1.10 bits per heavy atom. The van der Waals surface area contributed by atoms with Gasteiger partial charge < -0.3 is 21.0 Å². The predicted molar refractivity (Wildman–Crippen MR) is 24.7 cm³/mol. The second-order valence-corrected chi connectivity index (χ2v) is 1.35. The van der Waals surface area contributed by atoms with Gasteiger partial charge in [0.15, 0.2) is 0 Å². The average Bonchev–Trinajstić information content (AvgIpc) is 1.61. The molecular formula is C4H6N2Na2O2. The zero-order chi connectivity index (χ0) is 6.57. The zero-order valence-electron chi connectivity index (χ0n) is 6.23. The second kappa shape index (κ2) is 9.94. The van der Waals surface area contributed by atoms with Gasteiger partial charge in [-0.1, -0.05) is 0 Å². The van der Waals surface area contributed by atoms with E-state index < -0.39 is 11.8 Å². The Bertz CT molecular complexity index is 104. The molecular weight excluding hydrogens is 154 g/mol. The number of hydrogen-bond donors (Lipinski definition) is 2. The Balaban J connectivity index is -0.000000245. The minimum absolute atomic E-state index is 0. The summed E-state index contributed by atoms with van der Waals surface area (Å²) in [5.74, 6) is -1.57. The van der Waals surface area contributed by atoms with E-state index in [0.29, 0.717) is 0 Å². The van der Waals surface area contributed by atoms with Crippen LogP contribution in [0.5, 0.6) is 0 Å². The molecule has 0 saturated carbocycles. The van der Waals surface area contributed by atoms with Crippen LogP contribution >= 0.6 is 0 Å². The average molecular weight is 160 g/mol. The molecule has 6 heteroatoms. The normalized spacial score (nSPS) is 6.80. The molecule has 0 saturated heterocycles. The van der Waals surface area contributed by atoms with Crippen molar-refractivity contribution in [3.05, 3.63) is 0 Å². The van der Waals surface area contributed by atoms with Crippen LogP contribution in [0.25, 0.3) is 0 Å². The Morgan fingerprint density at radius 1 is 0.900 bits per heavy atom. The van der Waals surface area contributed by atoms with Gasteiger partial charge >= 0.3 is 59.1 Å². The fourth-order valence-corrected chi connectivity index (χ4v) is 0.227. The molecule has 10 heavy (non-hydrogen) atoms. The van der Waals surface area contributed by atoms with Crippen molar-refractivity contribution in [1.82, 2.24) is 0 Å². The first-order valence-electron chi connectivity index (χ1n) is 2.12. The van der Waals surface area contributed by atoms with Crippen molar-refractivity contribution in [2.45, 2.75) is 12.8 Å². The van der Waals surface area contributed by atoms with E-state index in [4.69, 9.17) is 10.8 Å². The van der Waals surface area contributed by atoms with E-state index in [9.17, 15) is 10.2 Å². The van der Waals surface area contributed by atoms with Gasteiger partial charge in [-0.05, 0) is 24.6 Å². The first-order valence-corrected chi connectivity index (χ1v) is 2.12. The summed E-state index contributed by atoms with van der Waals surface area (Å²) in [7, 11) is 0. The van der Waals surface area contributed by atoms with Crippen LogP contribution in [0.1, 0.15) is 12.8 Å². The van der Waals surface area contributed by atoms with Crippen LogP contribution < -0.4 is 69.3 Å². The topological polar surface area (TPSA) is 93.8 Å². The van der Waals surface area contributed by atoms with Crippen molar-refractivity contribution < 1.29 is 69.3 Å². The molecule has 0 rings (SSSR count). The molecule has 0 aromatic carbocycles. The number of rotatable bonds is 3. The molecule has 0 bridgehead atoms. The van der Waals surface area contributed by atoms with Gasteiger partial charge in [-0.15, -0.1) is 0 Å². The van der Waals surface area contributed by atoms with Crippen molar-refractivity contribution in [2.75, 3.05) is 0 Å². The molecule has 0 heterocycles. The van der Waals surface area contributed by atoms with Crippen molar-refractivity contribution in [3.8, 4) is 0 Å². The van der Waals surface area contributed by atoms with E-state index in [-0.39, 0.29) is 72.0 Å². The maximum atomic E-state index is 9.78. The van der Waals surface area contributed by atoms with E-state index in [2.05, 4.69) is 0 Å². The van der Waals surface area contributed by atoms with Gasteiger partial charge in [0.2, 0.25) is 0 Å². The van der Waals surface area contributed by atoms with Gasteiger partial charge in [-0.25, -0.2) is 0 Å². The maximum Gasteiger partial charge on any atom is 1.00 e. The van der Waals surface area contributed by atoms with Crippen molar-refractivity contribution in [3.63, 3.8) is 0 Å². The van der Waals surface area contributed by atoms with Crippen LogP contribution in [-0.2, 0) is 0 Å². The van der Waals surface area contributed by atoms with Gasteiger partial charge in [0, 0.05) is 0 Å². The summed E-state index contributed by atoms with van der Waals surface area (Å²) in [5, 5.41) is 32.2. The Morgan fingerprint density at radius 3 is 1.20 bits per heavy atom. The van der Waals surface area contributed by atoms with Crippen LogP contribution in [0.4, 0.5) is 0 Å². The molecule has 0 fully saturated rings. The molecule has 0 spiro atoms. The van der Waals surface area contributed by atoms with Crippen LogP contribution in [0.3, 0.4) is 0 Å². The maximum absolute atomic E-state index is 9.78. The SMILES string of the molecule is N=C([O-])CCC(=N)[O-].[Na+].[Na+]. The van der Waals surface area contributed by atoms with E-state index >= 15 is 0 Å². The Labute approximate surface area is 104 Å². The van der Waals surface area contributed by atoms with Gasteiger partial charge in [-0.2, -0.15) is 0 Å². The summed E-state index contributed by atoms with van der Waals surface area (Å²) >= 11 is 0. The molecule has 0 aromatic rings.